The molecule has 182 valence electrons. The summed E-state index contributed by atoms with van der Waals surface area (Å²) in [4.78, 5) is 18.0. The van der Waals surface area contributed by atoms with Crippen LogP contribution in [0.4, 0.5) is 8.78 Å². The highest BCUT2D eigenvalue weighted by Crippen LogP contribution is 2.43. The average Bonchev–Trinajstić information content (AvgIpc) is 3.54. The number of likely N-dealkylation sites (tertiary alicyclic amines) is 2. The van der Waals surface area contributed by atoms with E-state index in [1.807, 2.05) is 49.1 Å². The Morgan fingerprint density at radius 2 is 1.68 bits per heavy atom. The van der Waals surface area contributed by atoms with Gasteiger partial charge in [-0.2, -0.15) is 0 Å². The van der Waals surface area contributed by atoms with Crippen molar-refractivity contribution in [2.45, 2.75) is 38.2 Å². The first-order chi connectivity index (χ1) is 16.3. The fourth-order valence-corrected chi connectivity index (χ4v) is 6.26. The molecule has 1 N–H and O–H groups in total. The number of piperidine rings is 1. The largest absolute Gasteiger partial charge is 0.384 e. The molecule has 0 spiro atoms. The molecular weight excluding hydrogens is 434 g/mol. The van der Waals surface area contributed by atoms with Crippen molar-refractivity contribution in [3.05, 3.63) is 71.3 Å². The van der Waals surface area contributed by atoms with Gasteiger partial charge in [0.1, 0.15) is 11.6 Å². The lowest BCUT2D eigenvalue weighted by Gasteiger charge is -2.48. The molecule has 3 aliphatic rings. The maximum atomic E-state index is 14.8. The number of amides is 1. The molecule has 1 saturated carbocycles. The molecule has 2 heterocycles. The number of carbonyl (C=O) groups excluding carboxylic acids is 1. The van der Waals surface area contributed by atoms with Crippen molar-refractivity contribution < 1.29 is 18.7 Å². The minimum atomic E-state index is -1.01. The lowest BCUT2D eigenvalue weighted by atomic mass is 9.70. The molecule has 0 unspecified atom stereocenters. The number of carbonyl (C=O) groups is 1. The predicted octanol–water partition coefficient (Wildman–Crippen LogP) is 4.39. The summed E-state index contributed by atoms with van der Waals surface area (Å²) in [6.45, 7) is 7.03. The van der Waals surface area contributed by atoms with Crippen molar-refractivity contribution in [1.29, 1.82) is 0 Å². The summed E-state index contributed by atoms with van der Waals surface area (Å²) in [5.74, 6) is -1.45. The highest BCUT2D eigenvalue weighted by atomic mass is 19.1. The van der Waals surface area contributed by atoms with Crippen LogP contribution >= 0.6 is 0 Å². The van der Waals surface area contributed by atoms with Gasteiger partial charge in [0, 0.05) is 56.5 Å². The zero-order valence-corrected chi connectivity index (χ0v) is 20.0. The van der Waals surface area contributed by atoms with Gasteiger partial charge in [-0.25, -0.2) is 8.78 Å². The van der Waals surface area contributed by atoms with E-state index in [4.69, 9.17) is 0 Å². The van der Waals surface area contributed by atoms with Gasteiger partial charge in [-0.3, -0.25) is 4.79 Å². The molecule has 4 nitrogen and oxygen atoms in total. The molecule has 0 radical (unpaired) electrons. The van der Waals surface area contributed by atoms with Crippen LogP contribution in [0, 0.1) is 35.3 Å². The first-order valence-electron chi connectivity index (χ1n) is 12.5. The Kier molecular flexibility index (Phi) is 6.23. The molecule has 0 bridgehead atoms. The molecule has 5 rings (SSSR count). The molecule has 2 aromatic rings. The normalized spacial score (nSPS) is 32.2. The van der Waals surface area contributed by atoms with Crippen molar-refractivity contribution in [3.63, 3.8) is 0 Å². The van der Waals surface area contributed by atoms with Gasteiger partial charge in [0.05, 0.1) is 11.5 Å². The Morgan fingerprint density at radius 1 is 1.00 bits per heavy atom. The molecular formula is C28H34F2N2O2. The summed E-state index contributed by atoms with van der Waals surface area (Å²) in [7, 11) is 0. The van der Waals surface area contributed by atoms with E-state index in [0.29, 0.717) is 37.7 Å². The second kappa shape index (κ2) is 9.04. The number of benzene rings is 2. The van der Waals surface area contributed by atoms with Gasteiger partial charge in [0.15, 0.2) is 0 Å². The molecule has 3 fully saturated rings. The summed E-state index contributed by atoms with van der Waals surface area (Å²) in [5.41, 5.74) is 0.301. The quantitative estimate of drug-likeness (QED) is 0.708. The molecule has 2 aliphatic heterocycles. The van der Waals surface area contributed by atoms with E-state index >= 15 is 0 Å². The van der Waals surface area contributed by atoms with E-state index in [2.05, 4.69) is 4.90 Å². The third kappa shape index (κ3) is 4.27. The Labute approximate surface area is 200 Å². The van der Waals surface area contributed by atoms with Gasteiger partial charge in [0.25, 0.3) is 0 Å². The molecule has 6 heteroatoms. The first kappa shape index (κ1) is 23.4. The second-order valence-electron chi connectivity index (χ2n) is 10.8. The van der Waals surface area contributed by atoms with E-state index in [1.54, 1.807) is 0 Å². The fraction of sp³-hybridized carbons (Fsp3) is 0.536. The van der Waals surface area contributed by atoms with E-state index in [9.17, 15) is 18.7 Å². The molecule has 34 heavy (non-hydrogen) atoms. The van der Waals surface area contributed by atoms with Crippen LogP contribution in [0.5, 0.6) is 0 Å². The topological polar surface area (TPSA) is 43.8 Å². The van der Waals surface area contributed by atoms with Crippen LogP contribution in [0.1, 0.15) is 43.7 Å². The highest BCUT2D eigenvalue weighted by Gasteiger charge is 2.49. The third-order valence-electron chi connectivity index (χ3n) is 8.33. The zero-order chi connectivity index (χ0) is 24.0. The molecule has 2 aromatic carbocycles. The van der Waals surface area contributed by atoms with Crippen LogP contribution in [0.3, 0.4) is 0 Å². The Hall–Kier alpha value is -2.31. The Morgan fingerprint density at radius 3 is 2.29 bits per heavy atom. The van der Waals surface area contributed by atoms with Crippen LogP contribution in [0.25, 0.3) is 0 Å². The fourth-order valence-electron chi connectivity index (χ4n) is 6.26. The Balaban J connectivity index is 1.38. The van der Waals surface area contributed by atoms with Gasteiger partial charge in [-0.15, -0.1) is 0 Å². The highest BCUT2D eigenvalue weighted by molar-refractivity contribution is 5.81. The van der Waals surface area contributed by atoms with E-state index < -0.39 is 17.2 Å². The molecule has 1 amide bonds. The minimum absolute atomic E-state index is 0.0147. The number of hydrogen-bond donors (Lipinski definition) is 1. The summed E-state index contributed by atoms with van der Waals surface area (Å²) < 4.78 is 28.4. The van der Waals surface area contributed by atoms with Gasteiger partial charge in [-0.1, -0.05) is 50.2 Å². The molecule has 1 aliphatic carbocycles. The van der Waals surface area contributed by atoms with E-state index in [0.717, 1.165) is 18.2 Å². The van der Waals surface area contributed by atoms with Gasteiger partial charge < -0.3 is 14.9 Å². The van der Waals surface area contributed by atoms with Crippen LogP contribution < -0.4 is 0 Å². The number of rotatable bonds is 5. The van der Waals surface area contributed by atoms with Crippen LogP contribution in [-0.2, 0) is 10.4 Å². The van der Waals surface area contributed by atoms with Gasteiger partial charge >= 0.3 is 0 Å². The predicted molar refractivity (Wildman–Crippen MR) is 127 cm³/mol. The standard InChI is InChI=1S/C28H34F2N2O2/c1-18-13-32(14-19(2)28(18,34)21-6-4-3-5-7-21)27(33)25-17-31(15-20-8-9-20)16-24(25)23-11-10-22(29)12-26(23)30/h3-7,10-12,18-20,24-25,34H,8-9,13-17H2,1-2H3/t18-,19+,24-,25+,28-/m0/s1. The minimum Gasteiger partial charge on any atom is -0.384 e. The molecule has 0 aromatic heterocycles. The average molecular weight is 469 g/mol. The summed E-state index contributed by atoms with van der Waals surface area (Å²) in [5, 5.41) is 11.7. The van der Waals surface area contributed by atoms with Crippen LogP contribution in [0.15, 0.2) is 48.5 Å². The van der Waals surface area contributed by atoms with E-state index in [1.165, 1.54) is 25.0 Å². The summed E-state index contributed by atoms with van der Waals surface area (Å²) in [6, 6.07) is 13.4. The van der Waals surface area contributed by atoms with Crippen molar-refractivity contribution >= 4 is 5.91 Å². The van der Waals surface area contributed by atoms with Gasteiger partial charge in [0.2, 0.25) is 5.91 Å². The molecule has 5 atom stereocenters. The number of hydrogen-bond acceptors (Lipinski definition) is 3. The van der Waals surface area contributed by atoms with Crippen molar-refractivity contribution in [2.75, 3.05) is 32.7 Å². The summed E-state index contributed by atoms with van der Waals surface area (Å²) in [6.07, 6.45) is 2.42. The van der Waals surface area contributed by atoms with Crippen LogP contribution in [0.2, 0.25) is 0 Å². The maximum absolute atomic E-state index is 14.8. The Bertz CT molecular complexity index is 1030. The summed E-state index contributed by atoms with van der Waals surface area (Å²) >= 11 is 0. The smallest absolute Gasteiger partial charge is 0.227 e. The number of nitrogens with zero attached hydrogens (tertiary/aromatic N) is 2. The van der Waals surface area contributed by atoms with Crippen molar-refractivity contribution in [2.24, 2.45) is 23.7 Å². The number of aliphatic hydroxyl groups is 1. The van der Waals surface area contributed by atoms with Crippen LogP contribution in [-0.4, -0.2) is 53.5 Å². The SMILES string of the molecule is C[C@@H]1CN(C(=O)[C@@H]2CN(CC3CC3)C[C@H]2c2ccc(F)cc2F)C[C@H](C)[C@@]1(O)c1ccccc1. The third-order valence-corrected chi connectivity index (χ3v) is 8.33. The zero-order valence-electron chi connectivity index (χ0n) is 20.0. The second-order valence-corrected chi connectivity index (χ2v) is 10.8. The molecule has 2 saturated heterocycles. The van der Waals surface area contributed by atoms with E-state index in [-0.39, 0.29) is 29.6 Å². The lowest BCUT2D eigenvalue weighted by Crippen LogP contribution is -2.57. The van der Waals surface area contributed by atoms with Crippen molar-refractivity contribution in [3.8, 4) is 0 Å². The number of halogens is 2. The lowest BCUT2D eigenvalue weighted by molar-refractivity contribution is -0.152. The van der Waals surface area contributed by atoms with Gasteiger partial charge in [-0.05, 0) is 36.0 Å². The monoisotopic (exact) mass is 468 g/mol. The maximum Gasteiger partial charge on any atom is 0.227 e. The first-order valence-corrected chi connectivity index (χ1v) is 12.5. The van der Waals surface area contributed by atoms with Crippen molar-refractivity contribution in [1.82, 2.24) is 9.80 Å².